The van der Waals surface area contributed by atoms with Crippen molar-refractivity contribution in [2.24, 2.45) is 0 Å². The number of benzene rings is 1. The van der Waals surface area contributed by atoms with E-state index in [1.54, 1.807) is 6.07 Å². The topological polar surface area (TPSA) is 58.0 Å². The van der Waals surface area contributed by atoms with Crippen LogP contribution in [0.3, 0.4) is 0 Å². The first-order valence-corrected chi connectivity index (χ1v) is 6.29. The number of aliphatic hydroxyl groups excluding tert-OH is 1. The first-order valence-electron chi connectivity index (χ1n) is 6.29. The van der Waals surface area contributed by atoms with Gasteiger partial charge in [-0.25, -0.2) is 4.98 Å². The van der Waals surface area contributed by atoms with Crippen molar-refractivity contribution < 1.29 is 9.50 Å². The number of aryl methyl sites for hydroxylation is 1. The van der Waals surface area contributed by atoms with Crippen LogP contribution in [0.2, 0.25) is 0 Å². The number of aromatic nitrogens is 2. The molecular formula is C14H14FN3O. The fourth-order valence-corrected chi connectivity index (χ4v) is 2.40. The van der Waals surface area contributed by atoms with Gasteiger partial charge in [-0.05, 0) is 48.6 Å². The molecule has 0 bridgehead atoms. The minimum Gasteiger partial charge on any atom is -0.388 e. The summed E-state index contributed by atoms with van der Waals surface area (Å²) < 4.78 is 12.9. The molecule has 4 nitrogen and oxygen atoms in total. The maximum absolute atomic E-state index is 12.9. The van der Waals surface area contributed by atoms with Crippen molar-refractivity contribution >= 4 is 11.5 Å². The van der Waals surface area contributed by atoms with Crippen LogP contribution < -0.4 is 5.32 Å². The van der Waals surface area contributed by atoms with Crippen LogP contribution in [-0.4, -0.2) is 15.1 Å². The van der Waals surface area contributed by atoms with Gasteiger partial charge in [-0.1, -0.05) is 6.07 Å². The molecule has 1 unspecified atom stereocenters. The Bertz CT molecular complexity index is 603. The van der Waals surface area contributed by atoms with E-state index in [-0.39, 0.29) is 0 Å². The van der Waals surface area contributed by atoms with Crippen molar-refractivity contribution in [3.63, 3.8) is 0 Å². The minimum absolute atomic E-state index is 0.401. The Kier molecular flexibility index (Phi) is 3.13. The van der Waals surface area contributed by atoms with Crippen LogP contribution in [0.4, 0.5) is 15.9 Å². The molecule has 1 aromatic carbocycles. The molecule has 0 fully saturated rings. The first-order chi connectivity index (χ1) is 9.22. The Morgan fingerprint density at radius 3 is 3.05 bits per heavy atom. The highest BCUT2D eigenvalue weighted by Crippen LogP contribution is 2.32. The average molecular weight is 259 g/mol. The molecule has 0 amide bonds. The quantitative estimate of drug-likeness (QED) is 0.814. The molecule has 0 saturated carbocycles. The third kappa shape index (κ3) is 2.56. The Morgan fingerprint density at radius 1 is 1.32 bits per heavy atom. The highest BCUT2D eigenvalue weighted by atomic mass is 19.1. The molecule has 1 heterocycles. The van der Waals surface area contributed by atoms with Gasteiger partial charge in [0.15, 0.2) is 0 Å². The maximum Gasteiger partial charge on any atom is 0.310 e. The SMILES string of the molecule is OC1CCCc2ccc(Nc3ccnc(F)n3)cc21. The molecule has 1 aromatic heterocycles. The van der Waals surface area contributed by atoms with E-state index in [4.69, 9.17) is 0 Å². The van der Waals surface area contributed by atoms with Gasteiger partial charge >= 0.3 is 6.08 Å². The summed E-state index contributed by atoms with van der Waals surface area (Å²) in [4.78, 5) is 7.05. The lowest BCUT2D eigenvalue weighted by Crippen LogP contribution is -2.09. The van der Waals surface area contributed by atoms with Crippen molar-refractivity contribution in [1.29, 1.82) is 0 Å². The number of fused-ring (bicyclic) bond motifs is 1. The lowest BCUT2D eigenvalue weighted by atomic mass is 9.89. The van der Waals surface area contributed by atoms with Crippen LogP contribution in [0.25, 0.3) is 0 Å². The summed E-state index contributed by atoms with van der Waals surface area (Å²) in [6.07, 6.45) is 2.99. The van der Waals surface area contributed by atoms with E-state index in [9.17, 15) is 9.50 Å². The van der Waals surface area contributed by atoms with Gasteiger partial charge in [0.1, 0.15) is 5.82 Å². The van der Waals surface area contributed by atoms with E-state index in [2.05, 4.69) is 15.3 Å². The van der Waals surface area contributed by atoms with Crippen molar-refractivity contribution in [2.75, 3.05) is 5.32 Å². The smallest absolute Gasteiger partial charge is 0.310 e. The molecule has 0 spiro atoms. The largest absolute Gasteiger partial charge is 0.388 e. The van der Waals surface area contributed by atoms with Crippen LogP contribution in [0.5, 0.6) is 0 Å². The van der Waals surface area contributed by atoms with Crippen molar-refractivity contribution in [3.8, 4) is 0 Å². The number of nitrogens with zero attached hydrogens (tertiary/aromatic N) is 2. The number of halogens is 1. The predicted octanol–water partition coefficient (Wildman–Crippen LogP) is 2.73. The van der Waals surface area contributed by atoms with Crippen LogP contribution in [0, 0.1) is 6.08 Å². The Hall–Kier alpha value is -2.01. The minimum atomic E-state index is -0.761. The molecule has 2 aromatic rings. The number of hydrogen-bond acceptors (Lipinski definition) is 4. The molecule has 0 aliphatic heterocycles. The highest BCUT2D eigenvalue weighted by Gasteiger charge is 2.18. The lowest BCUT2D eigenvalue weighted by Gasteiger charge is -2.22. The van der Waals surface area contributed by atoms with E-state index in [0.717, 1.165) is 30.5 Å². The van der Waals surface area contributed by atoms with Gasteiger partial charge in [-0.15, -0.1) is 0 Å². The second kappa shape index (κ2) is 4.93. The normalized spacial score (nSPS) is 17.9. The van der Waals surface area contributed by atoms with Gasteiger partial charge in [0, 0.05) is 11.9 Å². The van der Waals surface area contributed by atoms with Gasteiger partial charge in [0.25, 0.3) is 0 Å². The average Bonchev–Trinajstić information content (AvgIpc) is 2.40. The first kappa shape index (κ1) is 12.0. The van der Waals surface area contributed by atoms with Crippen LogP contribution in [0.15, 0.2) is 30.5 Å². The van der Waals surface area contributed by atoms with Crippen LogP contribution >= 0.6 is 0 Å². The third-order valence-corrected chi connectivity index (χ3v) is 3.33. The summed E-state index contributed by atoms with van der Waals surface area (Å²) in [5, 5.41) is 13.0. The van der Waals surface area contributed by atoms with Crippen LogP contribution in [0.1, 0.15) is 30.1 Å². The summed E-state index contributed by atoms with van der Waals surface area (Å²) in [7, 11) is 0. The van der Waals surface area contributed by atoms with Crippen molar-refractivity contribution in [2.45, 2.75) is 25.4 Å². The molecule has 0 saturated heterocycles. The summed E-state index contributed by atoms with van der Waals surface area (Å²) in [5.41, 5.74) is 2.92. The van der Waals surface area contributed by atoms with Crippen LogP contribution in [-0.2, 0) is 6.42 Å². The molecule has 98 valence electrons. The second-order valence-electron chi connectivity index (χ2n) is 4.66. The summed E-state index contributed by atoms with van der Waals surface area (Å²) in [6, 6.07) is 7.41. The lowest BCUT2D eigenvalue weighted by molar-refractivity contribution is 0.156. The molecule has 3 rings (SSSR count). The van der Waals surface area contributed by atoms with Gasteiger partial charge < -0.3 is 10.4 Å². The highest BCUT2D eigenvalue weighted by molar-refractivity contribution is 5.58. The molecule has 0 radical (unpaired) electrons. The van der Waals surface area contributed by atoms with Crippen molar-refractivity contribution in [3.05, 3.63) is 47.7 Å². The molecule has 1 aliphatic carbocycles. The molecule has 1 atom stereocenters. The zero-order valence-corrected chi connectivity index (χ0v) is 10.3. The number of hydrogen-bond donors (Lipinski definition) is 2. The fraction of sp³-hybridized carbons (Fsp3) is 0.286. The summed E-state index contributed by atoms with van der Waals surface area (Å²) >= 11 is 0. The monoisotopic (exact) mass is 259 g/mol. The van der Waals surface area contributed by atoms with Gasteiger partial charge in [0.05, 0.1) is 6.10 Å². The van der Waals surface area contributed by atoms with E-state index in [1.165, 1.54) is 11.8 Å². The number of rotatable bonds is 2. The maximum atomic E-state index is 12.9. The van der Waals surface area contributed by atoms with E-state index >= 15 is 0 Å². The van der Waals surface area contributed by atoms with E-state index < -0.39 is 12.2 Å². The van der Waals surface area contributed by atoms with Gasteiger partial charge in [0.2, 0.25) is 0 Å². The molecule has 1 aliphatic rings. The number of nitrogens with one attached hydrogen (secondary N) is 1. The van der Waals surface area contributed by atoms with E-state index in [0.29, 0.717) is 5.82 Å². The molecule has 19 heavy (non-hydrogen) atoms. The third-order valence-electron chi connectivity index (χ3n) is 3.33. The van der Waals surface area contributed by atoms with Gasteiger partial charge in [-0.3, -0.25) is 0 Å². The Labute approximate surface area is 110 Å². The summed E-state index contributed by atoms with van der Waals surface area (Å²) in [6.45, 7) is 0. The fourth-order valence-electron chi connectivity index (χ4n) is 2.40. The molecule has 2 N–H and O–H groups in total. The summed E-state index contributed by atoms with van der Waals surface area (Å²) in [5.74, 6) is 0.401. The Balaban J connectivity index is 1.88. The van der Waals surface area contributed by atoms with E-state index in [1.807, 2.05) is 18.2 Å². The zero-order valence-electron chi connectivity index (χ0n) is 10.3. The second-order valence-corrected chi connectivity index (χ2v) is 4.66. The Morgan fingerprint density at radius 2 is 2.21 bits per heavy atom. The van der Waals surface area contributed by atoms with Crippen molar-refractivity contribution in [1.82, 2.24) is 9.97 Å². The molecule has 5 heteroatoms. The zero-order chi connectivity index (χ0) is 13.2. The molecular weight excluding hydrogens is 245 g/mol. The van der Waals surface area contributed by atoms with Gasteiger partial charge in [-0.2, -0.15) is 9.37 Å². The predicted molar refractivity (Wildman–Crippen MR) is 69.6 cm³/mol. The standard InChI is InChI=1S/C14H14FN3O/c15-14-16-7-6-13(18-14)17-10-5-4-9-2-1-3-12(19)11(9)8-10/h4-8,12,19H,1-3H2,(H,16,17,18). The number of anilines is 2. The number of aliphatic hydroxyl groups is 1.